The number of nitrogens with one attached hydrogen (secondary N) is 1. The molecule has 0 spiro atoms. The minimum Gasteiger partial charge on any atom is -0.505 e. The van der Waals surface area contributed by atoms with E-state index in [1.807, 2.05) is 14.1 Å². The maximum Gasteiger partial charge on any atom is 0.224 e. The number of aromatic hydroxyl groups is 1. The maximum atomic E-state index is 11.7. The zero-order chi connectivity index (χ0) is 14.4. The summed E-state index contributed by atoms with van der Waals surface area (Å²) in [6.07, 6.45) is 2.20. The molecule has 0 bridgehead atoms. The molecule has 0 radical (unpaired) electrons. The molecule has 19 heavy (non-hydrogen) atoms. The number of phenols is 1. The first-order valence-corrected chi connectivity index (χ1v) is 7.20. The molecular weight excluding hydrogens is 332 g/mol. The lowest BCUT2D eigenvalue weighted by atomic mass is 10.2. The Morgan fingerprint density at radius 3 is 2.74 bits per heavy atom. The van der Waals surface area contributed by atoms with Crippen molar-refractivity contribution in [1.29, 1.82) is 0 Å². The van der Waals surface area contributed by atoms with Gasteiger partial charge in [0.2, 0.25) is 5.91 Å². The minimum absolute atomic E-state index is 0.00829. The van der Waals surface area contributed by atoms with Crippen LogP contribution in [-0.4, -0.2) is 36.6 Å². The third-order valence-corrected chi connectivity index (χ3v) is 3.38. The summed E-state index contributed by atoms with van der Waals surface area (Å²) in [6, 6.07) is 3.10. The fourth-order valence-electron chi connectivity index (χ4n) is 1.59. The molecule has 0 saturated carbocycles. The number of unbranched alkanes of at least 4 members (excludes halogenated alkanes) is 1. The lowest BCUT2D eigenvalue weighted by Gasteiger charge is -2.10. The van der Waals surface area contributed by atoms with E-state index in [0.717, 1.165) is 19.4 Å². The Kier molecular flexibility index (Phi) is 6.62. The zero-order valence-electron chi connectivity index (χ0n) is 11.0. The summed E-state index contributed by atoms with van der Waals surface area (Å²) in [6.45, 7) is 0.960. The van der Waals surface area contributed by atoms with E-state index in [2.05, 4.69) is 26.1 Å². The predicted molar refractivity (Wildman–Crippen MR) is 81.9 cm³/mol. The Morgan fingerprint density at radius 1 is 1.42 bits per heavy atom. The van der Waals surface area contributed by atoms with E-state index >= 15 is 0 Å². The second-order valence-corrected chi connectivity index (χ2v) is 5.88. The molecule has 0 unspecified atom stereocenters. The normalized spacial score (nSPS) is 10.8. The lowest BCUT2D eigenvalue weighted by Crippen LogP contribution is -2.15. The average molecular weight is 350 g/mol. The van der Waals surface area contributed by atoms with Gasteiger partial charge in [0.15, 0.2) is 5.75 Å². The van der Waals surface area contributed by atoms with Crippen LogP contribution < -0.4 is 5.32 Å². The molecule has 0 atom stereocenters. The number of nitrogens with zero attached hydrogens (tertiary/aromatic N) is 1. The van der Waals surface area contributed by atoms with Crippen LogP contribution in [0.4, 0.5) is 5.69 Å². The van der Waals surface area contributed by atoms with Crippen LogP contribution in [0.25, 0.3) is 0 Å². The smallest absolute Gasteiger partial charge is 0.224 e. The molecule has 0 aliphatic rings. The highest BCUT2D eigenvalue weighted by atomic mass is 79.9. The summed E-state index contributed by atoms with van der Waals surface area (Å²) in [7, 11) is 4.00. The SMILES string of the molecule is CN(C)CCCCC(=O)Nc1cc(Cl)cc(Br)c1O. The van der Waals surface area contributed by atoms with Crippen LogP contribution in [0.3, 0.4) is 0 Å². The third-order valence-electron chi connectivity index (χ3n) is 2.56. The lowest BCUT2D eigenvalue weighted by molar-refractivity contribution is -0.116. The standard InChI is InChI=1S/C13H18BrClN2O2/c1-17(2)6-4-3-5-12(18)16-11-8-9(15)7-10(14)13(11)19/h7-8,19H,3-6H2,1-2H3,(H,16,18). The van der Waals surface area contributed by atoms with Gasteiger partial charge >= 0.3 is 0 Å². The van der Waals surface area contributed by atoms with E-state index in [1.165, 1.54) is 6.07 Å². The predicted octanol–water partition coefficient (Wildman–Crippen LogP) is 3.48. The van der Waals surface area contributed by atoms with Crippen molar-refractivity contribution in [3.63, 3.8) is 0 Å². The molecule has 0 heterocycles. The third kappa shape index (κ3) is 5.80. The van der Waals surface area contributed by atoms with Gasteiger partial charge in [-0.15, -0.1) is 0 Å². The molecule has 1 rings (SSSR count). The highest BCUT2D eigenvalue weighted by Gasteiger charge is 2.10. The van der Waals surface area contributed by atoms with Crippen LogP contribution in [0.1, 0.15) is 19.3 Å². The number of benzene rings is 1. The van der Waals surface area contributed by atoms with Gasteiger partial charge in [-0.3, -0.25) is 4.79 Å². The Hall–Kier alpha value is -0.780. The molecule has 0 fully saturated rings. The molecule has 1 amide bonds. The number of rotatable bonds is 6. The van der Waals surface area contributed by atoms with Gasteiger partial charge in [-0.2, -0.15) is 0 Å². The van der Waals surface area contributed by atoms with Gasteiger partial charge in [-0.25, -0.2) is 0 Å². The van der Waals surface area contributed by atoms with E-state index in [4.69, 9.17) is 11.6 Å². The van der Waals surface area contributed by atoms with Gasteiger partial charge in [0.25, 0.3) is 0 Å². The molecule has 2 N–H and O–H groups in total. The molecular formula is C13H18BrClN2O2. The summed E-state index contributed by atoms with van der Waals surface area (Å²) in [4.78, 5) is 13.8. The monoisotopic (exact) mass is 348 g/mol. The quantitative estimate of drug-likeness (QED) is 0.611. The van der Waals surface area contributed by atoms with Gasteiger partial charge in [-0.05, 0) is 61.5 Å². The van der Waals surface area contributed by atoms with Crippen molar-refractivity contribution in [3.8, 4) is 5.75 Å². The number of hydrogen-bond acceptors (Lipinski definition) is 3. The average Bonchev–Trinajstić information content (AvgIpc) is 2.31. The molecule has 0 aliphatic carbocycles. The van der Waals surface area contributed by atoms with E-state index in [-0.39, 0.29) is 11.7 Å². The highest BCUT2D eigenvalue weighted by Crippen LogP contribution is 2.35. The fourth-order valence-corrected chi connectivity index (χ4v) is 2.40. The highest BCUT2D eigenvalue weighted by molar-refractivity contribution is 9.10. The molecule has 0 saturated heterocycles. The Labute approximate surface area is 126 Å². The second kappa shape index (κ2) is 7.72. The molecule has 4 nitrogen and oxygen atoms in total. The van der Waals surface area contributed by atoms with Gasteiger partial charge in [-0.1, -0.05) is 11.6 Å². The molecule has 106 valence electrons. The van der Waals surface area contributed by atoms with Crippen molar-refractivity contribution in [2.24, 2.45) is 0 Å². The largest absolute Gasteiger partial charge is 0.505 e. The van der Waals surface area contributed by atoms with E-state index in [0.29, 0.717) is 21.6 Å². The van der Waals surface area contributed by atoms with E-state index < -0.39 is 0 Å². The van der Waals surface area contributed by atoms with Crippen LogP contribution in [0.5, 0.6) is 5.75 Å². The summed E-state index contributed by atoms with van der Waals surface area (Å²) < 4.78 is 0.461. The van der Waals surface area contributed by atoms with Crippen molar-refractivity contribution >= 4 is 39.1 Å². The van der Waals surface area contributed by atoms with Crippen molar-refractivity contribution < 1.29 is 9.90 Å². The number of carbonyl (C=O) groups excluding carboxylic acids is 1. The molecule has 0 aliphatic heterocycles. The van der Waals surface area contributed by atoms with Crippen molar-refractivity contribution in [1.82, 2.24) is 4.90 Å². The van der Waals surface area contributed by atoms with Gasteiger partial charge in [0, 0.05) is 11.4 Å². The molecule has 1 aromatic rings. The molecule has 6 heteroatoms. The number of anilines is 1. The van der Waals surface area contributed by atoms with Crippen LogP contribution in [0, 0.1) is 0 Å². The van der Waals surface area contributed by atoms with Gasteiger partial charge in [0.05, 0.1) is 10.2 Å². The summed E-state index contributed by atoms with van der Waals surface area (Å²) in [5, 5.41) is 12.9. The number of halogens is 2. The first-order valence-electron chi connectivity index (χ1n) is 6.02. The van der Waals surface area contributed by atoms with Crippen molar-refractivity contribution in [2.45, 2.75) is 19.3 Å². The van der Waals surface area contributed by atoms with Crippen molar-refractivity contribution in [2.75, 3.05) is 26.0 Å². The fraction of sp³-hybridized carbons (Fsp3) is 0.462. The first-order chi connectivity index (χ1) is 8.90. The number of phenolic OH excluding ortho intramolecular Hbond substituents is 1. The van der Waals surface area contributed by atoms with E-state index in [1.54, 1.807) is 6.07 Å². The van der Waals surface area contributed by atoms with Crippen LogP contribution in [0.15, 0.2) is 16.6 Å². The maximum absolute atomic E-state index is 11.7. The van der Waals surface area contributed by atoms with Gasteiger partial charge in [0.1, 0.15) is 0 Å². The van der Waals surface area contributed by atoms with Gasteiger partial charge < -0.3 is 15.3 Å². The number of amides is 1. The van der Waals surface area contributed by atoms with Crippen LogP contribution in [0.2, 0.25) is 5.02 Å². The molecule has 0 aromatic heterocycles. The minimum atomic E-state index is -0.122. The number of hydrogen-bond donors (Lipinski definition) is 2. The zero-order valence-corrected chi connectivity index (χ0v) is 13.4. The molecule has 1 aromatic carbocycles. The second-order valence-electron chi connectivity index (χ2n) is 4.59. The topological polar surface area (TPSA) is 52.6 Å². The van der Waals surface area contributed by atoms with Crippen molar-refractivity contribution in [3.05, 3.63) is 21.6 Å². The summed E-state index contributed by atoms with van der Waals surface area (Å²) >= 11 is 9.04. The van der Waals surface area contributed by atoms with Crippen LogP contribution >= 0.6 is 27.5 Å². The summed E-state index contributed by atoms with van der Waals surface area (Å²) in [5.74, 6) is -0.130. The Balaban J connectivity index is 2.49. The van der Waals surface area contributed by atoms with E-state index in [9.17, 15) is 9.90 Å². The van der Waals surface area contributed by atoms with Crippen LogP contribution in [-0.2, 0) is 4.79 Å². The number of carbonyl (C=O) groups is 1. The summed E-state index contributed by atoms with van der Waals surface area (Å²) in [5.41, 5.74) is 0.331. The first kappa shape index (κ1) is 16.3. The Bertz CT molecular complexity index is 453. The Morgan fingerprint density at radius 2 is 2.11 bits per heavy atom.